The Hall–Kier alpha value is -3.31. The largest absolute Gasteiger partial charge is 0.483 e. The molecule has 0 aromatic heterocycles. The zero-order valence-corrected chi connectivity index (χ0v) is 23.9. The van der Waals surface area contributed by atoms with E-state index in [1.54, 1.807) is 11.0 Å². The summed E-state index contributed by atoms with van der Waals surface area (Å²) in [5.41, 5.74) is 2.65. The molecule has 0 aliphatic heterocycles. The number of carbonyl (C=O) groups excluding carboxylic acids is 2. The SMILES string of the molecule is CC(C)(C)c1ccccc1OCC(=O)N(Cc1ccccc1Cl)C(Cc1ccccc1)C(=O)NC1CCCC1. The molecule has 0 heterocycles. The lowest BCUT2D eigenvalue weighted by Crippen LogP contribution is -2.53. The van der Waals surface area contributed by atoms with Crippen LogP contribution in [-0.2, 0) is 28.0 Å². The third-order valence-corrected chi connectivity index (χ3v) is 7.69. The molecule has 1 fully saturated rings. The highest BCUT2D eigenvalue weighted by Gasteiger charge is 2.33. The molecule has 1 saturated carbocycles. The second kappa shape index (κ2) is 13.2. The lowest BCUT2D eigenvalue weighted by Gasteiger charge is -2.33. The van der Waals surface area contributed by atoms with E-state index in [-0.39, 0.29) is 36.4 Å². The van der Waals surface area contributed by atoms with Crippen molar-refractivity contribution in [2.24, 2.45) is 0 Å². The first-order valence-electron chi connectivity index (χ1n) is 13.8. The average molecular weight is 547 g/mol. The van der Waals surface area contributed by atoms with Crippen LogP contribution in [0.2, 0.25) is 5.02 Å². The number of amides is 2. The summed E-state index contributed by atoms with van der Waals surface area (Å²) in [7, 11) is 0. The van der Waals surface area contributed by atoms with Crippen LogP contribution in [0, 0.1) is 0 Å². The van der Waals surface area contributed by atoms with Crippen molar-refractivity contribution in [2.75, 3.05) is 6.61 Å². The molecule has 1 aliphatic rings. The predicted molar refractivity (Wildman–Crippen MR) is 157 cm³/mol. The zero-order valence-electron chi connectivity index (χ0n) is 23.2. The second-order valence-corrected chi connectivity index (χ2v) is 11.8. The molecule has 39 heavy (non-hydrogen) atoms. The van der Waals surface area contributed by atoms with E-state index in [2.05, 4.69) is 26.1 Å². The van der Waals surface area contributed by atoms with Gasteiger partial charge in [0.15, 0.2) is 6.61 Å². The Morgan fingerprint density at radius 2 is 1.59 bits per heavy atom. The Bertz CT molecular complexity index is 1250. The number of benzene rings is 3. The van der Waals surface area contributed by atoms with Crippen LogP contribution < -0.4 is 10.1 Å². The second-order valence-electron chi connectivity index (χ2n) is 11.3. The molecule has 3 aromatic rings. The molecule has 0 bridgehead atoms. The Morgan fingerprint density at radius 1 is 0.949 bits per heavy atom. The van der Waals surface area contributed by atoms with E-state index in [4.69, 9.17) is 16.3 Å². The van der Waals surface area contributed by atoms with Crippen molar-refractivity contribution in [1.82, 2.24) is 10.2 Å². The lowest BCUT2D eigenvalue weighted by atomic mass is 9.86. The van der Waals surface area contributed by atoms with Gasteiger partial charge in [-0.2, -0.15) is 0 Å². The van der Waals surface area contributed by atoms with Gasteiger partial charge in [0.25, 0.3) is 5.91 Å². The highest BCUT2D eigenvalue weighted by atomic mass is 35.5. The van der Waals surface area contributed by atoms with Crippen molar-refractivity contribution in [3.8, 4) is 5.75 Å². The van der Waals surface area contributed by atoms with E-state index >= 15 is 0 Å². The maximum Gasteiger partial charge on any atom is 0.261 e. The minimum absolute atomic E-state index is 0.138. The first-order valence-corrected chi connectivity index (χ1v) is 14.2. The first kappa shape index (κ1) is 28.7. The third-order valence-electron chi connectivity index (χ3n) is 7.32. The molecule has 1 aliphatic carbocycles. The van der Waals surface area contributed by atoms with E-state index in [1.807, 2.05) is 72.8 Å². The molecule has 1 N–H and O–H groups in total. The molecule has 3 aromatic carbocycles. The number of nitrogens with zero attached hydrogens (tertiary/aromatic N) is 1. The van der Waals surface area contributed by atoms with Gasteiger partial charge >= 0.3 is 0 Å². The Kier molecular flexibility index (Phi) is 9.68. The molecule has 2 amide bonds. The summed E-state index contributed by atoms with van der Waals surface area (Å²) in [5.74, 6) is 0.272. The standard InChI is InChI=1S/C33H39ClN2O3/c1-33(2,3)27-18-10-12-20-30(27)39-23-31(37)36(22-25-15-7-11-19-28(25)34)29(21-24-13-5-4-6-14-24)32(38)35-26-16-8-9-17-26/h4-7,10-15,18-20,26,29H,8-9,16-17,21-23H2,1-3H3,(H,35,38). The maximum absolute atomic E-state index is 13.9. The van der Waals surface area contributed by atoms with Crippen LogP contribution in [0.1, 0.15) is 63.1 Å². The molecule has 206 valence electrons. The van der Waals surface area contributed by atoms with E-state index in [0.717, 1.165) is 42.4 Å². The van der Waals surface area contributed by atoms with Crippen molar-refractivity contribution in [2.45, 2.75) is 76.9 Å². The van der Waals surface area contributed by atoms with Crippen LogP contribution in [0.4, 0.5) is 0 Å². The van der Waals surface area contributed by atoms with Crippen LogP contribution >= 0.6 is 11.6 Å². The van der Waals surface area contributed by atoms with Crippen molar-refractivity contribution in [1.29, 1.82) is 0 Å². The summed E-state index contributed by atoms with van der Waals surface area (Å²) in [6, 6.07) is 24.5. The molecule has 1 atom stereocenters. The summed E-state index contributed by atoms with van der Waals surface area (Å²) in [5, 5.41) is 3.79. The fraction of sp³-hybridized carbons (Fsp3) is 0.394. The molecule has 1 unspecified atom stereocenters. The van der Waals surface area contributed by atoms with Gasteiger partial charge in [-0.05, 0) is 47.1 Å². The number of rotatable bonds is 10. The molecule has 6 heteroatoms. The highest BCUT2D eigenvalue weighted by molar-refractivity contribution is 6.31. The number of hydrogen-bond acceptors (Lipinski definition) is 3. The van der Waals surface area contributed by atoms with Gasteiger partial charge in [0.05, 0.1) is 0 Å². The number of hydrogen-bond donors (Lipinski definition) is 1. The molecule has 0 radical (unpaired) electrons. The lowest BCUT2D eigenvalue weighted by molar-refractivity contribution is -0.143. The quantitative estimate of drug-likeness (QED) is 0.307. The highest BCUT2D eigenvalue weighted by Crippen LogP contribution is 2.31. The van der Waals surface area contributed by atoms with Crippen molar-refractivity contribution >= 4 is 23.4 Å². The van der Waals surface area contributed by atoms with Crippen molar-refractivity contribution < 1.29 is 14.3 Å². The normalized spacial score (nSPS) is 14.6. The fourth-order valence-corrected chi connectivity index (χ4v) is 5.36. The van der Waals surface area contributed by atoms with Crippen molar-refractivity contribution in [3.63, 3.8) is 0 Å². The minimum Gasteiger partial charge on any atom is -0.483 e. The first-order chi connectivity index (χ1) is 18.7. The van der Waals surface area contributed by atoms with Crippen LogP contribution in [-0.4, -0.2) is 35.4 Å². The summed E-state index contributed by atoms with van der Waals surface area (Å²) in [6.07, 6.45) is 4.55. The Labute approximate surface area is 237 Å². The minimum atomic E-state index is -0.710. The average Bonchev–Trinajstić information content (AvgIpc) is 3.43. The van der Waals surface area contributed by atoms with Gasteiger partial charge < -0.3 is 15.0 Å². The Balaban J connectivity index is 1.64. The van der Waals surface area contributed by atoms with Crippen LogP contribution in [0.5, 0.6) is 5.75 Å². The van der Waals surface area contributed by atoms with Crippen LogP contribution in [0.25, 0.3) is 0 Å². The van der Waals surface area contributed by atoms with Gasteiger partial charge in [0.1, 0.15) is 11.8 Å². The van der Waals surface area contributed by atoms with Gasteiger partial charge in [-0.1, -0.05) is 112 Å². The van der Waals surface area contributed by atoms with E-state index < -0.39 is 6.04 Å². The monoisotopic (exact) mass is 546 g/mol. The molecule has 0 spiro atoms. The van der Waals surface area contributed by atoms with Gasteiger partial charge in [-0.25, -0.2) is 0 Å². The third kappa shape index (κ3) is 7.86. The molecule has 4 rings (SSSR count). The summed E-state index contributed by atoms with van der Waals surface area (Å²) < 4.78 is 6.13. The number of carbonyl (C=O) groups is 2. The number of nitrogens with one attached hydrogen (secondary N) is 1. The maximum atomic E-state index is 13.9. The summed E-state index contributed by atoms with van der Waals surface area (Å²) in [4.78, 5) is 29.4. The van der Waals surface area contributed by atoms with Crippen molar-refractivity contribution in [3.05, 3.63) is 101 Å². The molecule has 0 saturated heterocycles. The van der Waals surface area contributed by atoms with Gasteiger partial charge in [-0.3, -0.25) is 9.59 Å². The van der Waals surface area contributed by atoms with E-state index in [9.17, 15) is 9.59 Å². The topological polar surface area (TPSA) is 58.6 Å². The van der Waals surface area contributed by atoms with E-state index in [1.165, 1.54) is 0 Å². The predicted octanol–water partition coefficient (Wildman–Crippen LogP) is 6.72. The van der Waals surface area contributed by atoms with Gasteiger partial charge in [-0.15, -0.1) is 0 Å². The van der Waals surface area contributed by atoms with Crippen LogP contribution in [0.15, 0.2) is 78.9 Å². The smallest absolute Gasteiger partial charge is 0.261 e. The molecular formula is C33H39ClN2O3. The fourth-order valence-electron chi connectivity index (χ4n) is 5.17. The number of para-hydroxylation sites is 1. The van der Waals surface area contributed by atoms with Crippen LogP contribution in [0.3, 0.4) is 0 Å². The number of ether oxygens (including phenoxy) is 1. The molecular weight excluding hydrogens is 508 g/mol. The summed E-state index contributed by atoms with van der Waals surface area (Å²) in [6.45, 7) is 6.37. The van der Waals surface area contributed by atoms with Gasteiger partial charge in [0.2, 0.25) is 5.91 Å². The molecule has 5 nitrogen and oxygen atoms in total. The van der Waals surface area contributed by atoms with Gasteiger partial charge in [0, 0.05) is 24.0 Å². The Morgan fingerprint density at radius 3 is 2.28 bits per heavy atom. The van der Waals surface area contributed by atoms with E-state index in [0.29, 0.717) is 17.2 Å². The zero-order chi connectivity index (χ0) is 27.8. The summed E-state index contributed by atoms with van der Waals surface area (Å²) >= 11 is 6.53. The number of halogens is 1.